The lowest BCUT2D eigenvalue weighted by Gasteiger charge is -2.29. The average molecular weight is 280 g/mol. The molecular weight excluding hydrogens is 259 g/mol. The summed E-state index contributed by atoms with van der Waals surface area (Å²) in [4.78, 5) is 2.31. The molecule has 0 bridgehead atoms. The van der Waals surface area contributed by atoms with Crippen LogP contribution >= 0.6 is 12.2 Å². The van der Waals surface area contributed by atoms with E-state index in [9.17, 15) is 4.39 Å². The molecule has 1 aromatic carbocycles. The molecule has 2 N–H and O–H groups in total. The highest BCUT2D eigenvalue weighted by Gasteiger charge is 2.19. The van der Waals surface area contributed by atoms with Crippen LogP contribution in [0.3, 0.4) is 0 Å². The largest absolute Gasteiger partial charge is 0.389 e. The molecule has 1 fully saturated rings. The summed E-state index contributed by atoms with van der Waals surface area (Å²) < 4.78 is 14.2. The Hall–Kier alpha value is -1.16. The van der Waals surface area contributed by atoms with E-state index in [1.165, 1.54) is 31.7 Å². The van der Waals surface area contributed by atoms with Gasteiger partial charge in [-0.3, -0.25) is 0 Å². The van der Waals surface area contributed by atoms with Gasteiger partial charge in [0.25, 0.3) is 0 Å². The van der Waals surface area contributed by atoms with Gasteiger partial charge in [-0.1, -0.05) is 37.9 Å². The van der Waals surface area contributed by atoms with E-state index in [0.29, 0.717) is 17.3 Å². The number of nitrogens with zero attached hydrogens (tertiary/aromatic N) is 1. The monoisotopic (exact) mass is 280 g/mol. The molecule has 0 atom stereocenters. The zero-order valence-electron chi connectivity index (χ0n) is 11.4. The third-order valence-electron chi connectivity index (χ3n) is 3.98. The van der Waals surface area contributed by atoms with Gasteiger partial charge < -0.3 is 10.6 Å². The summed E-state index contributed by atoms with van der Waals surface area (Å²) in [5.41, 5.74) is 6.76. The molecule has 104 valence electrons. The molecule has 1 aliphatic rings. The third-order valence-corrected chi connectivity index (χ3v) is 4.22. The fourth-order valence-corrected chi connectivity index (χ4v) is 2.91. The number of nitrogens with two attached hydrogens (primary N) is 1. The van der Waals surface area contributed by atoms with Gasteiger partial charge in [0.1, 0.15) is 10.8 Å². The second kappa shape index (κ2) is 6.33. The highest BCUT2D eigenvalue weighted by atomic mass is 32.1. The SMILES string of the molecule is CN(c1ccc(C(N)=S)cc1F)C1CCCCCC1. The maximum absolute atomic E-state index is 14.2. The minimum Gasteiger partial charge on any atom is -0.389 e. The maximum Gasteiger partial charge on any atom is 0.147 e. The second-order valence-electron chi connectivity index (χ2n) is 5.29. The molecule has 0 unspecified atom stereocenters. The standard InChI is InChI=1S/C15H21FN2S/c1-18(12-6-4-2-3-5-7-12)14-9-8-11(15(17)19)10-13(14)16/h8-10,12H,2-7H2,1H3,(H2,17,19). The highest BCUT2D eigenvalue weighted by molar-refractivity contribution is 7.80. The molecule has 1 aromatic rings. The van der Waals surface area contributed by atoms with E-state index in [1.54, 1.807) is 12.1 Å². The van der Waals surface area contributed by atoms with Crippen LogP contribution in [0.4, 0.5) is 10.1 Å². The Kier molecular flexibility index (Phi) is 4.75. The van der Waals surface area contributed by atoms with Crippen molar-refractivity contribution in [2.75, 3.05) is 11.9 Å². The van der Waals surface area contributed by atoms with E-state index in [-0.39, 0.29) is 10.8 Å². The van der Waals surface area contributed by atoms with Gasteiger partial charge in [-0.15, -0.1) is 0 Å². The summed E-state index contributed by atoms with van der Waals surface area (Å²) in [5.74, 6) is -0.239. The number of hydrogen-bond acceptors (Lipinski definition) is 2. The molecule has 2 rings (SSSR count). The molecule has 19 heavy (non-hydrogen) atoms. The van der Waals surface area contributed by atoms with Crippen LogP contribution in [0.5, 0.6) is 0 Å². The number of anilines is 1. The number of benzene rings is 1. The Bertz CT molecular complexity index is 453. The van der Waals surface area contributed by atoms with Gasteiger partial charge in [0, 0.05) is 18.7 Å². The van der Waals surface area contributed by atoms with Crippen molar-refractivity contribution in [2.45, 2.75) is 44.6 Å². The molecule has 0 spiro atoms. The first-order chi connectivity index (χ1) is 9.09. The van der Waals surface area contributed by atoms with Gasteiger partial charge in [-0.25, -0.2) is 4.39 Å². The summed E-state index contributed by atoms with van der Waals surface area (Å²) in [6.07, 6.45) is 7.36. The normalized spacial score (nSPS) is 16.9. The van der Waals surface area contributed by atoms with Crippen molar-refractivity contribution < 1.29 is 4.39 Å². The molecule has 2 nitrogen and oxygen atoms in total. The van der Waals surface area contributed by atoms with Crippen LogP contribution in [-0.2, 0) is 0 Å². The van der Waals surface area contributed by atoms with E-state index in [4.69, 9.17) is 18.0 Å². The van der Waals surface area contributed by atoms with Crippen LogP contribution < -0.4 is 10.6 Å². The third kappa shape index (κ3) is 3.44. The predicted molar refractivity (Wildman–Crippen MR) is 82.2 cm³/mol. The lowest BCUT2D eigenvalue weighted by Crippen LogP contribution is -2.31. The summed E-state index contributed by atoms with van der Waals surface area (Å²) in [5, 5.41) is 0. The lowest BCUT2D eigenvalue weighted by atomic mass is 10.1. The smallest absolute Gasteiger partial charge is 0.147 e. The summed E-state index contributed by atoms with van der Waals surface area (Å²) in [6.45, 7) is 0. The van der Waals surface area contributed by atoms with Gasteiger partial charge in [-0.2, -0.15) is 0 Å². The van der Waals surface area contributed by atoms with E-state index in [0.717, 1.165) is 12.8 Å². The fourth-order valence-electron chi connectivity index (χ4n) is 2.79. The number of hydrogen-bond donors (Lipinski definition) is 1. The van der Waals surface area contributed by atoms with Crippen molar-refractivity contribution >= 4 is 22.9 Å². The Morgan fingerprint density at radius 2 is 1.89 bits per heavy atom. The van der Waals surface area contributed by atoms with Crippen LogP contribution in [-0.4, -0.2) is 18.1 Å². The maximum atomic E-state index is 14.2. The lowest BCUT2D eigenvalue weighted by molar-refractivity contribution is 0.538. The molecule has 1 saturated carbocycles. The Balaban J connectivity index is 2.18. The molecule has 0 aliphatic heterocycles. The summed E-state index contributed by atoms with van der Waals surface area (Å²) >= 11 is 4.87. The minimum absolute atomic E-state index is 0.238. The average Bonchev–Trinajstić information content (AvgIpc) is 2.66. The van der Waals surface area contributed by atoms with Crippen molar-refractivity contribution in [2.24, 2.45) is 5.73 Å². The fraction of sp³-hybridized carbons (Fsp3) is 0.533. The Morgan fingerprint density at radius 3 is 2.42 bits per heavy atom. The van der Waals surface area contributed by atoms with E-state index in [1.807, 2.05) is 7.05 Å². The van der Waals surface area contributed by atoms with E-state index < -0.39 is 0 Å². The Labute approximate surface area is 119 Å². The molecular formula is C15H21FN2S. The second-order valence-corrected chi connectivity index (χ2v) is 5.73. The van der Waals surface area contributed by atoms with Crippen LogP contribution in [0.1, 0.15) is 44.1 Å². The zero-order chi connectivity index (χ0) is 13.8. The van der Waals surface area contributed by atoms with Gasteiger partial charge in [0.2, 0.25) is 0 Å². The van der Waals surface area contributed by atoms with Crippen molar-refractivity contribution in [3.05, 3.63) is 29.6 Å². The van der Waals surface area contributed by atoms with Crippen molar-refractivity contribution in [3.63, 3.8) is 0 Å². The van der Waals surface area contributed by atoms with Gasteiger partial charge in [0.05, 0.1) is 5.69 Å². The van der Waals surface area contributed by atoms with Crippen molar-refractivity contribution in [3.8, 4) is 0 Å². The van der Waals surface area contributed by atoms with Gasteiger partial charge >= 0.3 is 0 Å². The van der Waals surface area contributed by atoms with Gasteiger partial charge in [-0.05, 0) is 31.0 Å². The minimum atomic E-state index is -0.239. The summed E-state index contributed by atoms with van der Waals surface area (Å²) in [7, 11) is 1.98. The summed E-state index contributed by atoms with van der Waals surface area (Å²) in [6, 6.07) is 5.46. The predicted octanol–water partition coefficient (Wildman–Crippen LogP) is 3.62. The highest BCUT2D eigenvalue weighted by Crippen LogP contribution is 2.27. The van der Waals surface area contributed by atoms with Crippen molar-refractivity contribution in [1.82, 2.24) is 0 Å². The number of thiocarbonyl (C=S) groups is 1. The van der Waals surface area contributed by atoms with Gasteiger partial charge in [0.15, 0.2) is 0 Å². The molecule has 0 radical (unpaired) electrons. The number of rotatable bonds is 3. The first-order valence-corrected chi connectivity index (χ1v) is 7.32. The molecule has 0 heterocycles. The molecule has 0 saturated heterocycles. The number of halogens is 1. The van der Waals surface area contributed by atoms with E-state index in [2.05, 4.69) is 4.90 Å². The van der Waals surface area contributed by atoms with Crippen LogP contribution in [0, 0.1) is 5.82 Å². The first-order valence-electron chi connectivity index (χ1n) is 6.92. The van der Waals surface area contributed by atoms with E-state index >= 15 is 0 Å². The quantitative estimate of drug-likeness (QED) is 0.677. The van der Waals surface area contributed by atoms with Crippen LogP contribution in [0.25, 0.3) is 0 Å². The first kappa shape index (κ1) is 14.3. The molecule has 0 amide bonds. The molecule has 0 aromatic heterocycles. The topological polar surface area (TPSA) is 29.3 Å². The molecule has 4 heteroatoms. The molecule has 1 aliphatic carbocycles. The van der Waals surface area contributed by atoms with Crippen LogP contribution in [0.15, 0.2) is 18.2 Å². The Morgan fingerprint density at radius 1 is 1.26 bits per heavy atom. The van der Waals surface area contributed by atoms with Crippen molar-refractivity contribution in [1.29, 1.82) is 0 Å². The zero-order valence-corrected chi connectivity index (χ0v) is 12.2. The van der Waals surface area contributed by atoms with Crippen LogP contribution in [0.2, 0.25) is 0 Å².